The highest BCUT2D eigenvalue weighted by molar-refractivity contribution is 5.22. The van der Waals surface area contributed by atoms with Crippen molar-refractivity contribution in [2.75, 3.05) is 6.54 Å². The van der Waals surface area contributed by atoms with Crippen LogP contribution in [0.4, 0.5) is 8.78 Å². The third-order valence-corrected chi connectivity index (χ3v) is 4.56. The molecule has 2 aliphatic rings. The smallest absolute Gasteiger partial charge is 0.163 e. The average Bonchev–Trinajstić information content (AvgIpc) is 3.26. The molecule has 1 N–H and O–H groups in total. The van der Waals surface area contributed by atoms with Gasteiger partial charge in [0.1, 0.15) is 0 Å². The first-order chi connectivity index (χ1) is 9.16. The Morgan fingerprint density at radius 3 is 2.37 bits per heavy atom. The van der Waals surface area contributed by atoms with Crippen LogP contribution < -0.4 is 5.32 Å². The van der Waals surface area contributed by atoms with Gasteiger partial charge in [-0.15, -0.1) is 0 Å². The number of benzene rings is 1. The molecule has 0 aromatic heterocycles. The predicted molar refractivity (Wildman–Crippen MR) is 71.7 cm³/mol. The lowest BCUT2D eigenvalue weighted by molar-refractivity contribution is 0.357. The SMILES string of the molecule is CC(NCC(C1CC1)C1CC1)c1cccc(F)c1F. The van der Waals surface area contributed by atoms with Crippen molar-refractivity contribution in [1.82, 2.24) is 5.32 Å². The van der Waals surface area contributed by atoms with Crippen LogP contribution in [0.1, 0.15) is 44.2 Å². The fraction of sp³-hybridized carbons (Fsp3) is 0.625. The second kappa shape index (κ2) is 5.20. The maximum atomic E-state index is 13.7. The van der Waals surface area contributed by atoms with Gasteiger partial charge in [0.15, 0.2) is 11.6 Å². The summed E-state index contributed by atoms with van der Waals surface area (Å²) in [4.78, 5) is 0. The zero-order chi connectivity index (χ0) is 13.4. The van der Waals surface area contributed by atoms with Gasteiger partial charge in [0.25, 0.3) is 0 Å². The van der Waals surface area contributed by atoms with Crippen molar-refractivity contribution in [3.05, 3.63) is 35.4 Å². The van der Waals surface area contributed by atoms with E-state index in [1.54, 1.807) is 12.1 Å². The molecule has 1 aromatic rings. The van der Waals surface area contributed by atoms with Crippen LogP contribution in [0.15, 0.2) is 18.2 Å². The summed E-state index contributed by atoms with van der Waals surface area (Å²) in [6.07, 6.45) is 5.41. The van der Waals surface area contributed by atoms with Crippen molar-refractivity contribution in [3.63, 3.8) is 0 Å². The van der Waals surface area contributed by atoms with Gasteiger partial charge in [0.05, 0.1) is 0 Å². The summed E-state index contributed by atoms with van der Waals surface area (Å²) in [5.74, 6) is 1.04. The molecule has 104 valence electrons. The zero-order valence-electron chi connectivity index (χ0n) is 11.3. The normalized spacial score (nSPS) is 20.8. The number of halogens is 2. The lowest BCUT2D eigenvalue weighted by atomic mass is 9.97. The van der Waals surface area contributed by atoms with Crippen LogP contribution in [0.5, 0.6) is 0 Å². The minimum absolute atomic E-state index is 0.129. The molecule has 2 saturated carbocycles. The standard InChI is InChI=1S/C16H21F2N/c1-10(13-3-2-4-15(17)16(13)18)19-9-14(11-5-6-11)12-7-8-12/h2-4,10-12,14,19H,5-9H2,1H3. The van der Waals surface area contributed by atoms with Gasteiger partial charge in [-0.1, -0.05) is 12.1 Å². The van der Waals surface area contributed by atoms with Gasteiger partial charge >= 0.3 is 0 Å². The fourth-order valence-electron chi connectivity index (χ4n) is 3.04. The molecule has 0 bridgehead atoms. The zero-order valence-corrected chi connectivity index (χ0v) is 11.3. The molecule has 1 unspecified atom stereocenters. The minimum atomic E-state index is -0.757. The molecule has 0 heterocycles. The minimum Gasteiger partial charge on any atom is -0.310 e. The number of nitrogens with one attached hydrogen (secondary N) is 1. The van der Waals surface area contributed by atoms with Gasteiger partial charge in [-0.2, -0.15) is 0 Å². The van der Waals surface area contributed by atoms with Crippen LogP contribution in [0.2, 0.25) is 0 Å². The van der Waals surface area contributed by atoms with Gasteiger partial charge in [-0.05, 0) is 63.0 Å². The van der Waals surface area contributed by atoms with E-state index < -0.39 is 11.6 Å². The van der Waals surface area contributed by atoms with Gasteiger partial charge in [-0.25, -0.2) is 8.78 Å². The van der Waals surface area contributed by atoms with E-state index in [1.807, 2.05) is 6.92 Å². The van der Waals surface area contributed by atoms with E-state index in [4.69, 9.17) is 0 Å². The Morgan fingerprint density at radius 2 is 1.79 bits per heavy atom. The average molecular weight is 265 g/mol. The molecule has 0 aliphatic heterocycles. The largest absolute Gasteiger partial charge is 0.310 e. The Hall–Kier alpha value is -0.960. The molecule has 2 fully saturated rings. The van der Waals surface area contributed by atoms with Gasteiger partial charge in [-0.3, -0.25) is 0 Å². The monoisotopic (exact) mass is 265 g/mol. The molecular formula is C16H21F2N. The van der Waals surface area contributed by atoms with E-state index >= 15 is 0 Å². The van der Waals surface area contributed by atoms with E-state index in [2.05, 4.69) is 5.32 Å². The van der Waals surface area contributed by atoms with E-state index in [9.17, 15) is 8.78 Å². The highest BCUT2D eigenvalue weighted by Crippen LogP contribution is 2.49. The summed E-state index contributed by atoms with van der Waals surface area (Å²) >= 11 is 0. The van der Waals surface area contributed by atoms with Crippen LogP contribution in [-0.4, -0.2) is 6.54 Å². The van der Waals surface area contributed by atoms with Crippen molar-refractivity contribution in [2.45, 2.75) is 38.6 Å². The second-order valence-corrected chi connectivity index (χ2v) is 6.11. The van der Waals surface area contributed by atoms with Gasteiger partial charge < -0.3 is 5.32 Å². The van der Waals surface area contributed by atoms with Crippen molar-refractivity contribution in [1.29, 1.82) is 0 Å². The molecule has 0 radical (unpaired) electrons. The summed E-state index contributed by atoms with van der Waals surface area (Å²) in [5.41, 5.74) is 0.436. The Kier molecular flexibility index (Phi) is 3.57. The van der Waals surface area contributed by atoms with Gasteiger partial charge in [0.2, 0.25) is 0 Å². The number of rotatable bonds is 6. The van der Waals surface area contributed by atoms with Crippen LogP contribution in [0.3, 0.4) is 0 Å². The van der Waals surface area contributed by atoms with E-state index in [0.717, 1.165) is 24.3 Å². The first-order valence-electron chi connectivity index (χ1n) is 7.34. The van der Waals surface area contributed by atoms with Crippen LogP contribution in [0.25, 0.3) is 0 Å². The van der Waals surface area contributed by atoms with E-state index in [-0.39, 0.29) is 6.04 Å². The van der Waals surface area contributed by atoms with Crippen LogP contribution in [-0.2, 0) is 0 Å². The van der Waals surface area contributed by atoms with Gasteiger partial charge in [0, 0.05) is 11.6 Å². The molecule has 2 aliphatic carbocycles. The topological polar surface area (TPSA) is 12.0 Å². The summed E-state index contributed by atoms with van der Waals surface area (Å²) < 4.78 is 26.9. The summed E-state index contributed by atoms with van der Waals surface area (Å²) in [6, 6.07) is 4.28. The fourth-order valence-corrected chi connectivity index (χ4v) is 3.04. The lowest BCUT2D eigenvalue weighted by Gasteiger charge is -2.21. The molecule has 1 nitrogen and oxygen atoms in total. The molecule has 0 spiro atoms. The van der Waals surface area contributed by atoms with Crippen LogP contribution in [0, 0.1) is 29.4 Å². The number of hydrogen-bond donors (Lipinski definition) is 1. The second-order valence-electron chi connectivity index (χ2n) is 6.11. The molecule has 19 heavy (non-hydrogen) atoms. The van der Waals surface area contributed by atoms with E-state index in [1.165, 1.54) is 31.7 Å². The Balaban J connectivity index is 1.60. The van der Waals surface area contributed by atoms with Crippen molar-refractivity contribution < 1.29 is 8.78 Å². The first-order valence-corrected chi connectivity index (χ1v) is 7.34. The molecule has 3 heteroatoms. The quantitative estimate of drug-likeness (QED) is 0.818. The van der Waals surface area contributed by atoms with Crippen molar-refractivity contribution in [2.24, 2.45) is 17.8 Å². The number of hydrogen-bond acceptors (Lipinski definition) is 1. The van der Waals surface area contributed by atoms with Crippen molar-refractivity contribution in [3.8, 4) is 0 Å². The first kappa shape index (κ1) is 13.0. The molecule has 1 atom stereocenters. The summed E-state index contributed by atoms with van der Waals surface area (Å²) in [7, 11) is 0. The third kappa shape index (κ3) is 2.97. The molecular weight excluding hydrogens is 244 g/mol. The Labute approximate surface area is 113 Å². The summed E-state index contributed by atoms with van der Waals surface area (Å²) in [6.45, 7) is 2.85. The third-order valence-electron chi connectivity index (χ3n) is 4.56. The van der Waals surface area contributed by atoms with E-state index in [0.29, 0.717) is 5.56 Å². The maximum absolute atomic E-state index is 13.7. The highest BCUT2D eigenvalue weighted by Gasteiger charge is 2.41. The summed E-state index contributed by atoms with van der Waals surface area (Å²) in [5, 5.41) is 3.40. The Morgan fingerprint density at radius 1 is 1.16 bits per heavy atom. The predicted octanol–water partition coefficient (Wildman–Crippen LogP) is 4.05. The van der Waals surface area contributed by atoms with Crippen LogP contribution >= 0.6 is 0 Å². The lowest BCUT2D eigenvalue weighted by Crippen LogP contribution is -2.28. The maximum Gasteiger partial charge on any atom is 0.163 e. The molecule has 0 saturated heterocycles. The molecule has 3 rings (SSSR count). The highest BCUT2D eigenvalue weighted by atomic mass is 19.2. The Bertz CT molecular complexity index is 440. The molecule has 0 amide bonds. The van der Waals surface area contributed by atoms with Crippen molar-refractivity contribution >= 4 is 0 Å². The molecule has 1 aromatic carbocycles.